The zero-order valence-electron chi connectivity index (χ0n) is 40.2. The second-order valence-corrected chi connectivity index (χ2v) is 17.1. The van der Waals surface area contributed by atoms with Crippen molar-refractivity contribution in [2.45, 2.75) is 258 Å². The van der Waals surface area contributed by atoms with Crippen LogP contribution in [0.15, 0.2) is 60.8 Å². The van der Waals surface area contributed by atoms with E-state index in [1.54, 1.807) is 0 Å². The Hall–Kier alpha value is -2.89. The minimum atomic E-state index is -0.772. The molecule has 0 radical (unpaired) electrons. The summed E-state index contributed by atoms with van der Waals surface area (Å²) in [7, 11) is 0. The lowest BCUT2D eigenvalue weighted by atomic mass is 10.0. The maximum absolute atomic E-state index is 12.7. The molecule has 0 aromatic heterocycles. The molecule has 0 saturated heterocycles. The predicted octanol–water partition coefficient (Wildman–Crippen LogP) is 16.9. The summed E-state index contributed by atoms with van der Waals surface area (Å²) in [6.45, 7) is 6.48. The van der Waals surface area contributed by atoms with Gasteiger partial charge in [0.15, 0.2) is 6.10 Å². The van der Waals surface area contributed by atoms with Crippen LogP contribution in [0.4, 0.5) is 0 Å². The highest BCUT2D eigenvalue weighted by atomic mass is 16.6. The van der Waals surface area contributed by atoms with Crippen molar-refractivity contribution in [3.8, 4) is 0 Å². The van der Waals surface area contributed by atoms with Gasteiger partial charge in [0.1, 0.15) is 13.2 Å². The Balaban J connectivity index is 4.22. The normalized spacial score (nSPS) is 12.5. The van der Waals surface area contributed by atoms with Crippen molar-refractivity contribution < 1.29 is 28.6 Å². The number of carbonyl (C=O) groups is 3. The zero-order chi connectivity index (χ0) is 44.4. The molecule has 0 aromatic rings. The van der Waals surface area contributed by atoms with Gasteiger partial charge in [-0.25, -0.2) is 0 Å². The van der Waals surface area contributed by atoms with E-state index in [2.05, 4.69) is 81.5 Å². The van der Waals surface area contributed by atoms with Gasteiger partial charge in [0.25, 0.3) is 0 Å². The fraction of sp³-hybridized carbons (Fsp3) is 0.764. The first-order chi connectivity index (χ1) is 30.0. The third kappa shape index (κ3) is 48.0. The van der Waals surface area contributed by atoms with E-state index in [4.69, 9.17) is 14.2 Å². The highest BCUT2D eigenvalue weighted by Gasteiger charge is 2.19. The highest BCUT2D eigenvalue weighted by Crippen LogP contribution is 2.15. The van der Waals surface area contributed by atoms with E-state index >= 15 is 0 Å². The number of esters is 3. The van der Waals surface area contributed by atoms with Gasteiger partial charge < -0.3 is 14.2 Å². The zero-order valence-corrected chi connectivity index (χ0v) is 40.2. The van der Waals surface area contributed by atoms with Gasteiger partial charge in [-0.05, 0) is 64.2 Å². The Bertz CT molecular complexity index is 1120. The fourth-order valence-electron chi connectivity index (χ4n) is 7.17. The topological polar surface area (TPSA) is 78.9 Å². The smallest absolute Gasteiger partial charge is 0.306 e. The molecule has 0 spiro atoms. The number of carbonyl (C=O) groups excluding carboxylic acids is 3. The van der Waals surface area contributed by atoms with E-state index in [0.29, 0.717) is 19.3 Å². The average molecular weight is 853 g/mol. The van der Waals surface area contributed by atoms with Crippen LogP contribution >= 0.6 is 0 Å². The predicted molar refractivity (Wildman–Crippen MR) is 261 cm³/mol. The molecule has 6 heteroatoms. The standard InChI is InChI=1S/C55H96O6/c1-4-7-10-13-16-18-20-22-23-24-25-26-27-28-29-30-31-33-34-36-39-42-45-48-54(57)60-51-52(50-59-53(56)47-44-41-38-15-12-9-6-3)61-55(58)49-46-43-40-37-35-32-21-19-17-14-11-8-5-2/h7,10,16,18,22-23,25-26,28-29,52H,4-6,8-9,11-15,17,19-21,24,27,30-51H2,1-3H3/b10-7-,18-16-,23-22-,26-25-,29-28-. The first-order valence-corrected chi connectivity index (χ1v) is 25.8. The molecule has 0 aromatic carbocycles. The summed E-state index contributed by atoms with van der Waals surface area (Å²) in [5.41, 5.74) is 0. The summed E-state index contributed by atoms with van der Waals surface area (Å²) in [6, 6.07) is 0. The highest BCUT2D eigenvalue weighted by molar-refractivity contribution is 5.71. The molecule has 0 heterocycles. The lowest BCUT2D eigenvalue weighted by Crippen LogP contribution is -2.30. The van der Waals surface area contributed by atoms with Gasteiger partial charge in [0.2, 0.25) is 0 Å². The average Bonchev–Trinajstić information content (AvgIpc) is 3.26. The minimum absolute atomic E-state index is 0.0754. The monoisotopic (exact) mass is 853 g/mol. The van der Waals surface area contributed by atoms with Gasteiger partial charge in [-0.15, -0.1) is 0 Å². The maximum Gasteiger partial charge on any atom is 0.306 e. The van der Waals surface area contributed by atoms with Gasteiger partial charge in [-0.1, -0.05) is 229 Å². The second-order valence-electron chi connectivity index (χ2n) is 17.1. The van der Waals surface area contributed by atoms with Gasteiger partial charge in [-0.3, -0.25) is 14.4 Å². The van der Waals surface area contributed by atoms with Crippen LogP contribution in [-0.4, -0.2) is 37.2 Å². The maximum atomic E-state index is 12.7. The number of ether oxygens (including phenoxy) is 3. The Morgan fingerprint density at radius 1 is 0.344 bits per heavy atom. The number of unbranched alkanes of at least 4 members (excludes halogenated alkanes) is 25. The van der Waals surface area contributed by atoms with Crippen LogP contribution in [0.2, 0.25) is 0 Å². The summed E-state index contributed by atoms with van der Waals surface area (Å²) in [6.07, 6.45) is 60.8. The van der Waals surface area contributed by atoms with E-state index in [0.717, 1.165) is 96.3 Å². The fourth-order valence-corrected chi connectivity index (χ4v) is 7.17. The first kappa shape index (κ1) is 58.1. The van der Waals surface area contributed by atoms with Gasteiger partial charge in [0, 0.05) is 19.3 Å². The largest absolute Gasteiger partial charge is 0.462 e. The molecule has 0 aliphatic carbocycles. The molecule has 0 fully saturated rings. The van der Waals surface area contributed by atoms with Crippen LogP contribution in [0, 0.1) is 0 Å². The SMILES string of the molecule is CC/C=C\C/C=C\C/C=C\C/C=C\C/C=C\CCCCCCCCCC(=O)OCC(COC(=O)CCCCCCCCC)OC(=O)CCCCCCCCCCCCCCC. The van der Waals surface area contributed by atoms with Crippen LogP contribution in [0.25, 0.3) is 0 Å². The van der Waals surface area contributed by atoms with Crippen LogP contribution in [-0.2, 0) is 28.6 Å². The molecular weight excluding hydrogens is 757 g/mol. The lowest BCUT2D eigenvalue weighted by molar-refractivity contribution is -0.167. The molecule has 0 aliphatic heterocycles. The van der Waals surface area contributed by atoms with Crippen LogP contribution in [0.3, 0.4) is 0 Å². The number of hydrogen-bond acceptors (Lipinski definition) is 6. The van der Waals surface area contributed by atoms with Crippen molar-refractivity contribution in [3.05, 3.63) is 60.8 Å². The van der Waals surface area contributed by atoms with E-state index in [1.165, 1.54) is 116 Å². The van der Waals surface area contributed by atoms with E-state index < -0.39 is 6.10 Å². The quantitative estimate of drug-likeness (QED) is 0.0263. The van der Waals surface area contributed by atoms with Gasteiger partial charge >= 0.3 is 17.9 Å². The molecule has 0 rings (SSSR count). The number of rotatable bonds is 46. The summed E-state index contributed by atoms with van der Waals surface area (Å²) in [5.74, 6) is -0.888. The molecule has 1 unspecified atom stereocenters. The number of hydrogen-bond donors (Lipinski definition) is 0. The Kier molecular flexibility index (Phi) is 47.4. The Morgan fingerprint density at radius 2 is 0.639 bits per heavy atom. The molecule has 0 amide bonds. The van der Waals surface area contributed by atoms with Crippen molar-refractivity contribution in [2.24, 2.45) is 0 Å². The van der Waals surface area contributed by atoms with Crippen LogP contribution < -0.4 is 0 Å². The molecule has 0 aliphatic rings. The van der Waals surface area contributed by atoms with Crippen LogP contribution in [0.5, 0.6) is 0 Å². The summed E-state index contributed by atoms with van der Waals surface area (Å²) >= 11 is 0. The molecule has 0 bridgehead atoms. The summed E-state index contributed by atoms with van der Waals surface area (Å²) in [4.78, 5) is 37.8. The number of allylic oxidation sites excluding steroid dienone is 10. The van der Waals surface area contributed by atoms with E-state index in [1.807, 2.05) is 0 Å². The van der Waals surface area contributed by atoms with Crippen molar-refractivity contribution in [1.82, 2.24) is 0 Å². The second kappa shape index (κ2) is 49.8. The molecule has 6 nitrogen and oxygen atoms in total. The molecular formula is C55H96O6. The Morgan fingerprint density at radius 3 is 1.00 bits per heavy atom. The van der Waals surface area contributed by atoms with Gasteiger partial charge in [-0.2, -0.15) is 0 Å². The first-order valence-electron chi connectivity index (χ1n) is 25.8. The molecule has 0 saturated carbocycles. The van der Waals surface area contributed by atoms with E-state index in [9.17, 15) is 14.4 Å². The van der Waals surface area contributed by atoms with Crippen LogP contribution in [0.1, 0.15) is 252 Å². The summed E-state index contributed by atoms with van der Waals surface area (Å²) < 4.78 is 16.7. The molecule has 0 N–H and O–H groups in total. The summed E-state index contributed by atoms with van der Waals surface area (Å²) in [5, 5.41) is 0. The van der Waals surface area contributed by atoms with E-state index in [-0.39, 0.29) is 31.1 Å². The minimum Gasteiger partial charge on any atom is -0.462 e. The molecule has 1 atom stereocenters. The molecule has 352 valence electrons. The lowest BCUT2D eigenvalue weighted by Gasteiger charge is -2.18. The molecule has 61 heavy (non-hydrogen) atoms. The third-order valence-corrected chi connectivity index (χ3v) is 11.0. The Labute approximate surface area is 377 Å². The van der Waals surface area contributed by atoms with Crippen molar-refractivity contribution in [2.75, 3.05) is 13.2 Å². The van der Waals surface area contributed by atoms with Crippen molar-refractivity contribution in [1.29, 1.82) is 0 Å². The van der Waals surface area contributed by atoms with Crippen molar-refractivity contribution >= 4 is 17.9 Å². The van der Waals surface area contributed by atoms with Gasteiger partial charge in [0.05, 0.1) is 0 Å². The van der Waals surface area contributed by atoms with Crippen molar-refractivity contribution in [3.63, 3.8) is 0 Å². The third-order valence-electron chi connectivity index (χ3n) is 11.0.